The third-order valence-corrected chi connectivity index (χ3v) is 2.05. The van der Waals surface area contributed by atoms with Crippen LogP contribution >= 0.6 is 0 Å². The lowest BCUT2D eigenvalue weighted by Gasteiger charge is -2.10. The minimum Gasteiger partial charge on any atom is -0.379 e. The van der Waals surface area contributed by atoms with E-state index >= 15 is 0 Å². The first-order valence-corrected chi connectivity index (χ1v) is 6.04. The minimum absolute atomic E-state index is 0.889. The van der Waals surface area contributed by atoms with Crippen LogP contribution in [0, 0.1) is 0 Å². The van der Waals surface area contributed by atoms with Crippen LogP contribution in [0.25, 0.3) is 6.08 Å². The lowest BCUT2D eigenvalue weighted by molar-refractivity contribution is 0.109. The molecule has 2 rings (SSSR count). The second-order valence-corrected chi connectivity index (χ2v) is 3.45. The van der Waals surface area contributed by atoms with Gasteiger partial charge in [0.05, 0.1) is 13.2 Å². The molecule has 98 valence electrons. The molecule has 1 aromatic carbocycles. The van der Waals surface area contributed by atoms with Crippen LogP contribution in [0.15, 0.2) is 62.2 Å². The molecule has 0 saturated carbocycles. The number of rotatable bonds is 2. The molecular weight excluding hydrogens is 222 g/mol. The summed E-state index contributed by atoms with van der Waals surface area (Å²) in [5.74, 6) is 0. The zero-order valence-corrected chi connectivity index (χ0v) is 11.0. The van der Waals surface area contributed by atoms with E-state index in [-0.39, 0.29) is 0 Å². The van der Waals surface area contributed by atoms with Gasteiger partial charge in [0.25, 0.3) is 0 Å². The first kappa shape index (κ1) is 16.4. The fourth-order valence-corrected chi connectivity index (χ4v) is 1.10. The van der Waals surface area contributed by atoms with Crippen LogP contribution in [-0.2, 0) is 4.74 Å². The third kappa shape index (κ3) is 10.9. The van der Waals surface area contributed by atoms with Gasteiger partial charge in [0.1, 0.15) is 0 Å². The van der Waals surface area contributed by atoms with E-state index in [0.717, 1.165) is 26.3 Å². The predicted molar refractivity (Wildman–Crippen MR) is 80.6 cm³/mol. The van der Waals surface area contributed by atoms with Gasteiger partial charge >= 0.3 is 0 Å². The summed E-state index contributed by atoms with van der Waals surface area (Å²) in [5, 5.41) is 3.16. The van der Waals surface area contributed by atoms with Crippen molar-refractivity contribution >= 4 is 6.08 Å². The topological polar surface area (TPSA) is 21.3 Å². The molecule has 0 unspecified atom stereocenters. The van der Waals surface area contributed by atoms with Gasteiger partial charge in [-0.3, -0.25) is 0 Å². The monoisotopic (exact) mass is 245 g/mol. The molecule has 0 spiro atoms. The van der Waals surface area contributed by atoms with Crippen molar-refractivity contribution in [1.82, 2.24) is 5.32 Å². The Balaban J connectivity index is 0.000000257. The van der Waals surface area contributed by atoms with Crippen molar-refractivity contribution in [3.05, 3.63) is 67.8 Å². The average molecular weight is 245 g/mol. The van der Waals surface area contributed by atoms with E-state index in [4.69, 9.17) is 4.74 Å². The lowest BCUT2D eigenvalue weighted by Crippen LogP contribution is -2.30. The van der Waals surface area contributed by atoms with Gasteiger partial charge in [-0.25, -0.2) is 0 Å². The summed E-state index contributed by atoms with van der Waals surface area (Å²) in [6.45, 7) is 14.2. The van der Waals surface area contributed by atoms with Crippen LogP contribution in [0.1, 0.15) is 5.56 Å². The van der Waals surface area contributed by atoms with Gasteiger partial charge in [-0.1, -0.05) is 68.3 Å². The maximum absolute atomic E-state index is 5.01. The average Bonchev–Trinajstić information content (AvgIpc) is 2.51. The summed E-state index contributed by atoms with van der Waals surface area (Å²) in [6, 6.07) is 10.0. The zero-order valence-electron chi connectivity index (χ0n) is 11.0. The van der Waals surface area contributed by atoms with Crippen LogP contribution in [0.5, 0.6) is 0 Å². The third-order valence-electron chi connectivity index (χ3n) is 2.05. The molecule has 0 aromatic heterocycles. The Kier molecular flexibility index (Phi) is 12.2. The highest BCUT2D eigenvalue weighted by molar-refractivity contribution is 5.45. The second-order valence-electron chi connectivity index (χ2n) is 3.45. The standard InChI is InChI=1S/C8H8.C4H9NO.C4H6/c1-2-8-6-4-3-5-7-8;1-3-6-4-2-5-1;1-3-4-2/h2-7H,1H2;5H,1-4H2;3-4H,1-2H2. The summed E-state index contributed by atoms with van der Waals surface area (Å²) >= 11 is 0. The van der Waals surface area contributed by atoms with Gasteiger partial charge in [0, 0.05) is 13.1 Å². The maximum Gasteiger partial charge on any atom is 0.0591 e. The molecule has 1 saturated heterocycles. The number of ether oxygens (including phenoxy) is 1. The maximum atomic E-state index is 5.01. The number of hydrogen-bond acceptors (Lipinski definition) is 2. The quantitative estimate of drug-likeness (QED) is 0.807. The molecule has 1 aliphatic rings. The van der Waals surface area contributed by atoms with Crippen molar-refractivity contribution in [2.45, 2.75) is 0 Å². The van der Waals surface area contributed by atoms with Gasteiger partial charge in [0.15, 0.2) is 0 Å². The Labute approximate surface area is 111 Å². The van der Waals surface area contributed by atoms with Gasteiger partial charge in [-0.15, -0.1) is 0 Å². The number of hydrogen-bond donors (Lipinski definition) is 1. The summed E-state index contributed by atoms with van der Waals surface area (Å²) in [5.41, 5.74) is 1.17. The number of benzene rings is 1. The molecule has 1 heterocycles. The van der Waals surface area contributed by atoms with Crippen molar-refractivity contribution < 1.29 is 4.74 Å². The van der Waals surface area contributed by atoms with Gasteiger partial charge < -0.3 is 10.1 Å². The predicted octanol–water partition coefficient (Wildman–Crippen LogP) is 3.29. The van der Waals surface area contributed by atoms with E-state index in [1.54, 1.807) is 12.2 Å². The van der Waals surface area contributed by atoms with E-state index in [0.29, 0.717) is 0 Å². The van der Waals surface area contributed by atoms with Crippen molar-refractivity contribution in [2.75, 3.05) is 26.3 Å². The molecule has 0 bridgehead atoms. The molecule has 0 amide bonds. The molecule has 2 nitrogen and oxygen atoms in total. The first-order chi connectivity index (χ1) is 8.85. The Morgan fingerprint density at radius 2 is 1.50 bits per heavy atom. The second kappa shape index (κ2) is 13.4. The molecule has 0 radical (unpaired) electrons. The molecule has 1 fully saturated rings. The van der Waals surface area contributed by atoms with Gasteiger partial charge in [-0.05, 0) is 5.56 Å². The van der Waals surface area contributed by atoms with E-state index in [1.165, 1.54) is 5.56 Å². The molecule has 1 N–H and O–H groups in total. The minimum atomic E-state index is 0.889. The Morgan fingerprint density at radius 3 is 1.72 bits per heavy atom. The largest absolute Gasteiger partial charge is 0.379 e. The normalized spacial score (nSPS) is 12.9. The number of allylic oxidation sites excluding steroid dienone is 2. The zero-order chi connectivity index (χ0) is 13.5. The Hall–Kier alpha value is -1.64. The Morgan fingerprint density at radius 1 is 0.944 bits per heavy atom. The van der Waals surface area contributed by atoms with Crippen molar-refractivity contribution in [1.29, 1.82) is 0 Å². The van der Waals surface area contributed by atoms with Crippen molar-refractivity contribution in [3.8, 4) is 0 Å². The van der Waals surface area contributed by atoms with Crippen LogP contribution < -0.4 is 5.32 Å². The molecule has 1 aromatic rings. The Bertz CT molecular complexity index is 298. The first-order valence-electron chi connectivity index (χ1n) is 6.04. The summed E-state index contributed by atoms with van der Waals surface area (Å²) in [6.07, 6.45) is 5.11. The SMILES string of the molecule is C1COCCN1.C=CC=C.C=Cc1ccccc1. The highest BCUT2D eigenvalue weighted by Gasteiger charge is 1.92. The summed E-state index contributed by atoms with van der Waals surface area (Å²) in [4.78, 5) is 0. The van der Waals surface area contributed by atoms with E-state index in [2.05, 4.69) is 25.1 Å². The molecular formula is C16H23NO. The van der Waals surface area contributed by atoms with Crippen LogP contribution in [0.4, 0.5) is 0 Å². The molecule has 18 heavy (non-hydrogen) atoms. The van der Waals surface area contributed by atoms with E-state index < -0.39 is 0 Å². The van der Waals surface area contributed by atoms with Gasteiger partial charge in [0.2, 0.25) is 0 Å². The summed E-state index contributed by atoms with van der Waals surface area (Å²) in [7, 11) is 0. The molecule has 1 aliphatic heterocycles. The van der Waals surface area contributed by atoms with Crippen LogP contribution in [0.3, 0.4) is 0 Å². The smallest absolute Gasteiger partial charge is 0.0591 e. The van der Waals surface area contributed by atoms with E-state index in [9.17, 15) is 0 Å². The fraction of sp³-hybridized carbons (Fsp3) is 0.250. The lowest BCUT2D eigenvalue weighted by atomic mass is 10.2. The highest BCUT2D eigenvalue weighted by atomic mass is 16.5. The number of morpholine rings is 1. The molecule has 2 heteroatoms. The number of nitrogens with one attached hydrogen (secondary N) is 1. The summed E-state index contributed by atoms with van der Waals surface area (Å²) < 4.78 is 5.01. The van der Waals surface area contributed by atoms with Crippen LogP contribution in [0.2, 0.25) is 0 Å². The van der Waals surface area contributed by atoms with Crippen molar-refractivity contribution in [2.24, 2.45) is 0 Å². The van der Waals surface area contributed by atoms with Crippen LogP contribution in [-0.4, -0.2) is 26.3 Å². The molecule has 0 atom stereocenters. The highest BCUT2D eigenvalue weighted by Crippen LogP contribution is 1.97. The fourth-order valence-electron chi connectivity index (χ4n) is 1.10. The van der Waals surface area contributed by atoms with Gasteiger partial charge in [-0.2, -0.15) is 0 Å². The van der Waals surface area contributed by atoms with Crippen molar-refractivity contribution in [3.63, 3.8) is 0 Å². The molecule has 0 aliphatic carbocycles. The van der Waals surface area contributed by atoms with E-state index in [1.807, 2.05) is 36.4 Å².